The summed E-state index contributed by atoms with van der Waals surface area (Å²) in [5.41, 5.74) is 1.92. The number of fused-ring (bicyclic) bond motifs is 1. The molecule has 0 aliphatic rings. The first-order chi connectivity index (χ1) is 13.0. The average molecular weight is 364 g/mol. The standard InChI is InChI=1S/C19H17FN6O/c1-26(2)18-15(24-14-6-9-23-17-11(14)5-8-22-17)10-12(19(27)25-18)16-13(20)4-3-7-21-16/h3-10H,1-2H3,(H,25,27)(H2,22,23,24). The van der Waals surface area contributed by atoms with Crippen LogP contribution in [-0.4, -0.2) is 34.0 Å². The molecule has 4 rings (SSSR count). The second kappa shape index (κ2) is 6.56. The van der Waals surface area contributed by atoms with Crippen molar-refractivity contribution in [3.8, 4) is 11.3 Å². The van der Waals surface area contributed by atoms with Gasteiger partial charge in [0.25, 0.3) is 5.56 Å². The van der Waals surface area contributed by atoms with E-state index in [9.17, 15) is 9.18 Å². The van der Waals surface area contributed by atoms with Crippen molar-refractivity contribution in [2.75, 3.05) is 24.3 Å². The lowest BCUT2D eigenvalue weighted by Crippen LogP contribution is -2.20. The van der Waals surface area contributed by atoms with Crippen LogP contribution < -0.4 is 15.8 Å². The maximum atomic E-state index is 14.2. The molecule has 0 aromatic carbocycles. The molecule has 8 heteroatoms. The zero-order valence-corrected chi connectivity index (χ0v) is 14.7. The fourth-order valence-electron chi connectivity index (χ4n) is 2.94. The predicted octanol–water partition coefficient (Wildman–Crippen LogP) is 3.26. The molecule has 4 aromatic heterocycles. The second-order valence-corrected chi connectivity index (χ2v) is 6.23. The van der Waals surface area contributed by atoms with Crippen molar-refractivity contribution in [3.05, 3.63) is 65.1 Å². The number of rotatable bonds is 4. The van der Waals surface area contributed by atoms with Gasteiger partial charge >= 0.3 is 0 Å². The zero-order valence-electron chi connectivity index (χ0n) is 14.7. The fourth-order valence-corrected chi connectivity index (χ4v) is 2.94. The average Bonchev–Trinajstić information content (AvgIpc) is 3.13. The van der Waals surface area contributed by atoms with Gasteiger partial charge in [-0.2, -0.15) is 0 Å². The van der Waals surface area contributed by atoms with Crippen molar-refractivity contribution >= 4 is 28.2 Å². The van der Waals surface area contributed by atoms with Crippen LogP contribution >= 0.6 is 0 Å². The molecule has 0 saturated heterocycles. The molecule has 0 radical (unpaired) electrons. The Morgan fingerprint density at radius 1 is 1.11 bits per heavy atom. The van der Waals surface area contributed by atoms with Gasteiger partial charge in [-0.25, -0.2) is 9.37 Å². The molecule has 0 unspecified atom stereocenters. The van der Waals surface area contributed by atoms with Gasteiger partial charge in [-0.3, -0.25) is 9.78 Å². The van der Waals surface area contributed by atoms with Crippen LogP contribution in [0.5, 0.6) is 0 Å². The Hall–Kier alpha value is -3.68. The Balaban J connectivity index is 1.88. The van der Waals surface area contributed by atoms with Gasteiger partial charge in [-0.15, -0.1) is 0 Å². The molecule has 27 heavy (non-hydrogen) atoms. The monoisotopic (exact) mass is 364 g/mol. The van der Waals surface area contributed by atoms with Crippen molar-refractivity contribution < 1.29 is 4.39 Å². The van der Waals surface area contributed by atoms with E-state index >= 15 is 0 Å². The van der Waals surface area contributed by atoms with Gasteiger partial charge in [-0.1, -0.05) is 0 Å². The molecule has 0 bridgehead atoms. The molecule has 0 atom stereocenters. The van der Waals surface area contributed by atoms with E-state index in [0.717, 1.165) is 16.7 Å². The van der Waals surface area contributed by atoms with E-state index in [1.165, 1.54) is 18.3 Å². The van der Waals surface area contributed by atoms with Crippen LogP contribution in [0.1, 0.15) is 0 Å². The van der Waals surface area contributed by atoms with E-state index in [4.69, 9.17) is 0 Å². The van der Waals surface area contributed by atoms with E-state index in [0.29, 0.717) is 11.5 Å². The first-order valence-corrected chi connectivity index (χ1v) is 8.29. The largest absolute Gasteiger partial charge is 0.362 e. The summed E-state index contributed by atoms with van der Waals surface area (Å²) in [6.45, 7) is 0. The third kappa shape index (κ3) is 3.01. The van der Waals surface area contributed by atoms with E-state index in [1.54, 1.807) is 23.4 Å². The third-order valence-corrected chi connectivity index (χ3v) is 4.21. The maximum Gasteiger partial charge on any atom is 0.259 e. The normalized spacial score (nSPS) is 10.9. The van der Waals surface area contributed by atoms with Gasteiger partial charge in [0.15, 0.2) is 0 Å². The molecule has 0 aliphatic heterocycles. The molecule has 4 heterocycles. The number of aromatic nitrogens is 4. The summed E-state index contributed by atoms with van der Waals surface area (Å²) in [6.07, 6.45) is 4.94. The molecule has 0 fully saturated rings. The van der Waals surface area contributed by atoms with Gasteiger partial charge in [0.2, 0.25) is 0 Å². The van der Waals surface area contributed by atoms with Crippen molar-refractivity contribution in [3.63, 3.8) is 0 Å². The molecule has 0 spiro atoms. The fraction of sp³-hybridized carbons (Fsp3) is 0.105. The highest BCUT2D eigenvalue weighted by Gasteiger charge is 2.16. The van der Waals surface area contributed by atoms with Crippen LogP contribution in [0.3, 0.4) is 0 Å². The highest BCUT2D eigenvalue weighted by molar-refractivity contribution is 5.92. The number of aromatic amines is 2. The van der Waals surface area contributed by atoms with Crippen LogP contribution in [0.2, 0.25) is 0 Å². The van der Waals surface area contributed by atoms with Crippen molar-refractivity contribution in [1.82, 2.24) is 19.9 Å². The summed E-state index contributed by atoms with van der Waals surface area (Å²) in [5, 5.41) is 4.22. The predicted molar refractivity (Wildman–Crippen MR) is 104 cm³/mol. The first kappa shape index (κ1) is 16.8. The second-order valence-electron chi connectivity index (χ2n) is 6.23. The summed E-state index contributed by atoms with van der Waals surface area (Å²) in [7, 11) is 3.63. The maximum absolute atomic E-state index is 14.2. The highest BCUT2D eigenvalue weighted by Crippen LogP contribution is 2.31. The van der Waals surface area contributed by atoms with Crippen LogP contribution in [0.25, 0.3) is 22.3 Å². The Morgan fingerprint density at radius 3 is 2.74 bits per heavy atom. The number of hydrogen-bond acceptors (Lipinski definition) is 5. The van der Waals surface area contributed by atoms with Crippen LogP contribution in [0.4, 0.5) is 21.6 Å². The molecular weight excluding hydrogens is 347 g/mol. The number of hydrogen-bond donors (Lipinski definition) is 3. The van der Waals surface area contributed by atoms with Gasteiger partial charge in [0.1, 0.15) is 23.0 Å². The molecular formula is C19H17FN6O. The number of pyridine rings is 3. The van der Waals surface area contributed by atoms with Crippen molar-refractivity contribution in [2.45, 2.75) is 0 Å². The smallest absolute Gasteiger partial charge is 0.259 e. The topological polar surface area (TPSA) is 89.7 Å². The van der Waals surface area contributed by atoms with Crippen LogP contribution in [-0.2, 0) is 0 Å². The van der Waals surface area contributed by atoms with Gasteiger partial charge in [0, 0.05) is 38.1 Å². The Morgan fingerprint density at radius 2 is 1.96 bits per heavy atom. The Bertz CT molecular complexity index is 1180. The molecule has 0 aliphatic carbocycles. The zero-order chi connectivity index (χ0) is 19.0. The molecule has 7 nitrogen and oxygen atoms in total. The summed E-state index contributed by atoms with van der Waals surface area (Å²) in [4.78, 5) is 28.5. The lowest BCUT2D eigenvalue weighted by Gasteiger charge is -2.19. The summed E-state index contributed by atoms with van der Waals surface area (Å²) in [5.74, 6) is 0.0177. The summed E-state index contributed by atoms with van der Waals surface area (Å²) in [6, 6.07) is 8.12. The number of anilines is 3. The number of halogens is 1. The van der Waals surface area contributed by atoms with Gasteiger partial charge in [0.05, 0.1) is 16.9 Å². The molecule has 0 amide bonds. The summed E-state index contributed by atoms with van der Waals surface area (Å²) < 4.78 is 14.2. The van der Waals surface area contributed by atoms with Crippen molar-refractivity contribution in [1.29, 1.82) is 0 Å². The van der Waals surface area contributed by atoms with E-state index in [-0.39, 0.29) is 11.3 Å². The van der Waals surface area contributed by atoms with E-state index in [2.05, 4.69) is 25.3 Å². The highest BCUT2D eigenvalue weighted by atomic mass is 19.1. The van der Waals surface area contributed by atoms with Gasteiger partial charge < -0.3 is 20.2 Å². The Labute approximate surface area is 153 Å². The molecule has 4 aromatic rings. The number of H-pyrrole nitrogens is 2. The van der Waals surface area contributed by atoms with Gasteiger partial charge in [-0.05, 0) is 30.3 Å². The third-order valence-electron chi connectivity index (χ3n) is 4.21. The van der Waals surface area contributed by atoms with Crippen LogP contribution in [0.15, 0.2) is 53.7 Å². The lowest BCUT2D eigenvalue weighted by atomic mass is 10.1. The van der Waals surface area contributed by atoms with E-state index in [1.807, 2.05) is 26.2 Å². The molecule has 0 saturated carbocycles. The first-order valence-electron chi connectivity index (χ1n) is 8.29. The van der Waals surface area contributed by atoms with E-state index < -0.39 is 11.4 Å². The molecule has 136 valence electrons. The SMILES string of the molecule is CN(C)c1[nH]c(=O)c(-c2ncccc2F)cc1Nc1ccnc2[nH]ccc12. The lowest BCUT2D eigenvalue weighted by molar-refractivity contribution is 0.625. The van der Waals surface area contributed by atoms with Crippen LogP contribution in [0, 0.1) is 5.82 Å². The minimum Gasteiger partial charge on any atom is -0.362 e. The minimum atomic E-state index is -0.552. The quantitative estimate of drug-likeness (QED) is 0.517. The minimum absolute atomic E-state index is 0.00799. The van der Waals surface area contributed by atoms with Crippen molar-refractivity contribution in [2.24, 2.45) is 0 Å². The molecule has 3 N–H and O–H groups in total. The number of nitrogens with one attached hydrogen (secondary N) is 3. The Kier molecular flexibility index (Phi) is 4.08. The summed E-state index contributed by atoms with van der Waals surface area (Å²) >= 11 is 0. The number of nitrogens with zero attached hydrogens (tertiary/aromatic N) is 3.